The summed E-state index contributed by atoms with van der Waals surface area (Å²) < 4.78 is 1.15. The summed E-state index contributed by atoms with van der Waals surface area (Å²) in [5.41, 5.74) is 0. The molecule has 0 aliphatic rings. The molecule has 0 saturated heterocycles. The molecule has 1 aromatic rings. The molecule has 78 valence electrons. The Hall–Kier alpha value is 0.01000. The number of thioether (sulfide) groups is 1. The van der Waals surface area contributed by atoms with Crippen LogP contribution in [0.5, 0.6) is 0 Å². The number of halogens is 1. The zero-order valence-corrected chi connectivity index (χ0v) is 10.8. The molecule has 0 heterocycles. The summed E-state index contributed by atoms with van der Waals surface area (Å²) in [5, 5.41) is 3.32. The van der Waals surface area contributed by atoms with Crippen molar-refractivity contribution in [3.05, 3.63) is 28.7 Å². The van der Waals surface area contributed by atoms with Crippen molar-refractivity contribution in [3.8, 4) is 0 Å². The Morgan fingerprint density at radius 2 is 2.00 bits per heavy atom. The normalized spacial score (nSPS) is 10.4. The molecule has 14 heavy (non-hydrogen) atoms. The van der Waals surface area contributed by atoms with Crippen LogP contribution in [0, 0.1) is 0 Å². The van der Waals surface area contributed by atoms with Crippen LogP contribution in [0.2, 0.25) is 0 Å². The van der Waals surface area contributed by atoms with Crippen molar-refractivity contribution in [1.82, 2.24) is 5.32 Å². The molecule has 0 atom stereocenters. The smallest absolute Gasteiger partial charge is 0.0176 e. The van der Waals surface area contributed by atoms with Crippen molar-refractivity contribution < 1.29 is 0 Å². The topological polar surface area (TPSA) is 12.0 Å². The van der Waals surface area contributed by atoms with E-state index in [0.29, 0.717) is 0 Å². The minimum absolute atomic E-state index is 1.07. The highest BCUT2D eigenvalue weighted by Crippen LogP contribution is 2.20. The summed E-state index contributed by atoms with van der Waals surface area (Å²) in [6.45, 7) is 4.34. The minimum Gasteiger partial charge on any atom is -0.317 e. The molecule has 0 amide bonds. The molecule has 0 aromatic heterocycles. The summed E-state index contributed by atoms with van der Waals surface area (Å²) in [7, 11) is 0. The van der Waals surface area contributed by atoms with Gasteiger partial charge < -0.3 is 5.32 Å². The first-order valence-corrected chi connectivity index (χ1v) is 6.70. The van der Waals surface area contributed by atoms with Crippen LogP contribution >= 0.6 is 27.7 Å². The van der Waals surface area contributed by atoms with Crippen LogP contribution in [-0.2, 0) is 0 Å². The van der Waals surface area contributed by atoms with Gasteiger partial charge in [-0.15, -0.1) is 11.8 Å². The maximum absolute atomic E-state index is 3.43. The second kappa shape index (κ2) is 7.32. The first-order chi connectivity index (χ1) is 6.83. The number of benzene rings is 1. The molecular weight excluding hydrogens is 258 g/mol. The maximum atomic E-state index is 3.43. The molecule has 1 rings (SSSR count). The Bertz CT molecular complexity index is 248. The van der Waals surface area contributed by atoms with Crippen LogP contribution in [0.15, 0.2) is 33.6 Å². The van der Waals surface area contributed by atoms with Crippen LogP contribution < -0.4 is 5.32 Å². The van der Waals surface area contributed by atoms with E-state index in [0.717, 1.165) is 17.6 Å². The second-order valence-electron chi connectivity index (χ2n) is 3.01. The monoisotopic (exact) mass is 273 g/mol. The van der Waals surface area contributed by atoms with Gasteiger partial charge in [0.05, 0.1) is 0 Å². The predicted molar refractivity (Wildman–Crippen MR) is 68.0 cm³/mol. The molecule has 0 radical (unpaired) electrons. The highest BCUT2D eigenvalue weighted by Gasteiger charge is 1.93. The van der Waals surface area contributed by atoms with E-state index in [-0.39, 0.29) is 0 Å². The van der Waals surface area contributed by atoms with Crippen molar-refractivity contribution >= 4 is 27.7 Å². The lowest BCUT2D eigenvalue weighted by atomic mass is 10.4. The van der Waals surface area contributed by atoms with E-state index in [1.165, 1.54) is 17.1 Å². The van der Waals surface area contributed by atoms with Gasteiger partial charge in [0.1, 0.15) is 0 Å². The number of nitrogens with one attached hydrogen (secondary N) is 1. The Morgan fingerprint density at radius 1 is 1.29 bits per heavy atom. The maximum Gasteiger partial charge on any atom is 0.0176 e. The van der Waals surface area contributed by atoms with E-state index in [1.54, 1.807) is 0 Å². The van der Waals surface area contributed by atoms with Crippen LogP contribution in [0.1, 0.15) is 13.3 Å². The van der Waals surface area contributed by atoms with Gasteiger partial charge >= 0.3 is 0 Å². The highest BCUT2D eigenvalue weighted by atomic mass is 79.9. The molecule has 0 aliphatic carbocycles. The molecule has 1 N–H and O–H groups in total. The standard InChI is InChI=1S/C11H16BrNS/c1-2-13-8-3-9-14-11-6-4-10(12)5-7-11/h4-7,13H,2-3,8-9H2,1H3. The number of rotatable bonds is 6. The second-order valence-corrected chi connectivity index (χ2v) is 5.09. The van der Waals surface area contributed by atoms with Gasteiger partial charge in [0.25, 0.3) is 0 Å². The fourth-order valence-corrected chi connectivity index (χ4v) is 2.21. The van der Waals surface area contributed by atoms with Gasteiger partial charge in [-0.25, -0.2) is 0 Å². The van der Waals surface area contributed by atoms with Crippen molar-refractivity contribution in [2.75, 3.05) is 18.8 Å². The average Bonchev–Trinajstić information content (AvgIpc) is 2.21. The SMILES string of the molecule is CCNCCCSc1ccc(Br)cc1. The van der Waals surface area contributed by atoms with Crippen LogP contribution in [0.25, 0.3) is 0 Å². The third-order valence-corrected chi connectivity index (χ3v) is 3.46. The molecular formula is C11H16BrNS. The Labute approximate surface area is 98.8 Å². The van der Waals surface area contributed by atoms with E-state index in [9.17, 15) is 0 Å². The molecule has 0 fully saturated rings. The molecule has 3 heteroatoms. The van der Waals surface area contributed by atoms with Crippen LogP contribution in [0.4, 0.5) is 0 Å². The molecule has 0 unspecified atom stereocenters. The first-order valence-electron chi connectivity index (χ1n) is 4.92. The third kappa shape index (κ3) is 5.03. The van der Waals surface area contributed by atoms with E-state index in [2.05, 4.69) is 52.4 Å². The Balaban J connectivity index is 2.15. The zero-order valence-electron chi connectivity index (χ0n) is 8.42. The van der Waals surface area contributed by atoms with Crippen molar-refractivity contribution in [2.45, 2.75) is 18.2 Å². The van der Waals surface area contributed by atoms with Gasteiger partial charge in [-0.2, -0.15) is 0 Å². The summed E-state index contributed by atoms with van der Waals surface area (Å²) in [4.78, 5) is 1.35. The van der Waals surface area contributed by atoms with Crippen molar-refractivity contribution in [3.63, 3.8) is 0 Å². The van der Waals surface area contributed by atoms with Crippen LogP contribution in [-0.4, -0.2) is 18.8 Å². The van der Waals surface area contributed by atoms with E-state index < -0.39 is 0 Å². The highest BCUT2D eigenvalue weighted by molar-refractivity contribution is 9.10. The quantitative estimate of drug-likeness (QED) is 0.629. The van der Waals surface area contributed by atoms with Gasteiger partial charge in [0, 0.05) is 9.37 Å². The van der Waals surface area contributed by atoms with E-state index in [4.69, 9.17) is 0 Å². The molecule has 1 nitrogen and oxygen atoms in total. The minimum atomic E-state index is 1.07. The zero-order chi connectivity index (χ0) is 10.2. The molecule has 1 aromatic carbocycles. The van der Waals surface area contributed by atoms with Gasteiger partial charge in [-0.1, -0.05) is 22.9 Å². The number of hydrogen-bond donors (Lipinski definition) is 1. The molecule has 0 aliphatic heterocycles. The number of hydrogen-bond acceptors (Lipinski definition) is 2. The fraction of sp³-hybridized carbons (Fsp3) is 0.455. The summed E-state index contributed by atoms with van der Waals surface area (Å²) in [5.74, 6) is 1.19. The van der Waals surface area contributed by atoms with Gasteiger partial charge in [0.2, 0.25) is 0 Å². The predicted octanol–water partition coefficient (Wildman–Crippen LogP) is 3.54. The molecule has 0 saturated carbocycles. The molecule has 0 spiro atoms. The molecule has 0 bridgehead atoms. The van der Waals surface area contributed by atoms with Crippen molar-refractivity contribution in [1.29, 1.82) is 0 Å². The van der Waals surface area contributed by atoms with Gasteiger partial charge in [0.15, 0.2) is 0 Å². The van der Waals surface area contributed by atoms with Crippen molar-refractivity contribution in [2.24, 2.45) is 0 Å². The summed E-state index contributed by atoms with van der Waals surface area (Å²) in [6, 6.07) is 8.49. The van der Waals surface area contributed by atoms with E-state index >= 15 is 0 Å². The lowest BCUT2D eigenvalue weighted by molar-refractivity contribution is 0.707. The summed E-state index contributed by atoms with van der Waals surface area (Å²) >= 11 is 5.35. The largest absolute Gasteiger partial charge is 0.317 e. The first kappa shape index (κ1) is 12.1. The van der Waals surface area contributed by atoms with Gasteiger partial charge in [-0.3, -0.25) is 0 Å². The lowest BCUT2D eigenvalue weighted by Crippen LogP contribution is -2.14. The average molecular weight is 274 g/mol. The van der Waals surface area contributed by atoms with Crippen LogP contribution in [0.3, 0.4) is 0 Å². The third-order valence-electron chi connectivity index (χ3n) is 1.83. The van der Waals surface area contributed by atoms with E-state index in [1.807, 2.05) is 11.8 Å². The fourth-order valence-electron chi connectivity index (χ4n) is 1.09. The Morgan fingerprint density at radius 3 is 2.64 bits per heavy atom. The van der Waals surface area contributed by atoms with Gasteiger partial charge in [-0.05, 0) is 49.5 Å². The lowest BCUT2D eigenvalue weighted by Gasteiger charge is -2.02. The Kier molecular flexibility index (Phi) is 6.32. The summed E-state index contributed by atoms with van der Waals surface area (Å²) in [6.07, 6.45) is 1.23.